The van der Waals surface area contributed by atoms with Crippen molar-refractivity contribution in [2.24, 2.45) is 0 Å². The number of rotatable bonds is 1. The van der Waals surface area contributed by atoms with Crippen molar-refractivity contribution in [3.63, 3.8) is 0 Å². The number of anilines is 1. The number of nitrogens with zero attached hydrogens (tertiary/aromatic N) is 2. The number of morpholine rings is 1. The number of benzene rings is 1. The molecule has 5 nitrogen and oxygen atoms in total. The number of para-hydroxylation sites is 1. The maximum absolute atomic E-state index is 12.7. The molecule has 1 aromatic heterocycles. The monoisotopic (exact) mass is 271 g/mol. The van der Waals surface area contributed by atoms with Crippen molar-refractivity contribution in [2.45, 2.75) is 6.92 Å². The number of fused-ring (bicyclic) bond motifs is 1. The maximum Gasteiger partial charge on any atom is 0.254 e. The molecule has 1 aromatic carbocycles. The van der Waals surface area contributed by atoms with E-state index < -0.39 is 0 Å². The first kappa shape index (κ1) is 12.9. The molecule has 2 aromatic rings. The molecule has 0 saturated carbocycles. The molecule has 0 spiro atoms. The number of carbonyl (C=O) groups excluding carboxylic acids is 1. The molecule has 1 fully saturated rings. The van der Waals surface area contributed by atoms with Crippen molar-refractivity contribution in [3.05, 3.63) is 35.5 Å². The van der Waals surface area contributed by atoms with E-state index in [0.717, 1.165) is 11.1 Å². The Labute approximate surface area is 117 Å². The van der Waals surface area contributed by atoms with Gasteiger partial charge in [-0.2, -0.15) is 0 Å². The van der Waals surface area contributed by atoms with Gasteiger partial charge in [0.05, 0.1) is 30.0 Å². The molecule has 1 aliphatic rings. The van der Waals surface area contributed by atoms with Crippen LogP contribution >= 0.6 is 0 Å². The number of carbonyl (C=O) groups is 1. The summed E-state index contributed by atoms with van der Waals surface area (Å²) in [6, 6.07) is 7.38. The van der Waals surface area contributed by atoms with Crippen LogP contribution in [0.1, 0.15) is 16.1 Å². The molecule has 1 amide bonds. The zero-order valence-corrected chi connectivity index (χ0v) is 11.4. The lowest BCUT2D eigenvalue weighted by atomic mass is 10.1. The van der Waals surface area contributed by atoms with Crippen LogP contribution in [0.15, 0.2) is 24.3 Å². The number of aryl methyl sites for hydroxylation is 1. The third-order valence-corrected chi connectivity index (χ3v) is 3.53. The molecule has 1 aliphatic heterocycles. The van der Waals surface area contributed by atoms with Crippen LogP contribution in [0.2, 0.25) is 0 Å². The van der Waals surface area contributed by atoms with Crippen molar-refractivity contribution in [1.82, 2.24) is 9.88 Å². The largest absolute Gasteiger partial charge is 0.397 e. The molecule has 0 aliphatic carbocycles. The smallest absolute Gasteiger partial charge is 0.254 e. The highest BCUT2D eigenvalue weighted by molar-refractivity contribution is 6.08. The number of hydrogen-bond acceptors (Lipinski definition) is 4. The minimum Gasteiger partial charge on any atom is -0.397 e. The number of aromatic nitrogens is 1. The molecule has 1 saturated heterocycles. The molecule has 20 heavy (non-hydrogen) atoms. The average Bonchev–Trinajstić information content (AvgIpc) is 2.48. The molecule has 5 heteroatoms. The highest BCUT2D eigenvalue weighted by atomic mass is 16.5. The fourth-order valence-electron chi connectivity index (χ4n) is 2.51. The number of hydrogen-bond donors (Lipinski definition) is 1. The van der Waals surface area contributed by atoms with Crippen LogP contribution in [0.4, 0.5) is 5.69 Å². The Kier molecular flexibility index (Phi) is 3.28. The van der Waals surface area contributed by atoms with Crippen molar-refractivity contribution < 1.29 is 9.53 Å². The van der Waals surface area contributed by atoms with E-state index >= 15 is 0 Å². The Morgan fingerprint density at radius 3 is 2.85 bits per heavy atom. The quantitative estimate of drug-likeness (QED) is 0.800. The lowest BCUT2D eigenvalue weighted by molar-refractivity contribution is 0.0304. The SMILES string of the molecule is Cc1cc(C(=O)N2CCOCC2)c2cccc(N)c2n1. The van der Waals surface area contributed by atoms with Gasteiger partial charge in [-0.15, -0.1) is 0 Å². The third-order valence-electron chi connectivity index (χ3n) is 3.53. The first-order valence-electron chi connectivity index (χ1n) is 6.69. The van der Waals surface area contributed by atoms with Gasteiger partial charge in [-0.1, -0.05) is 12.1 Å². The molecule has 104 valence electrons. The molecular formula is C15H17N3O2. The highest BCUT2D eigenvalue weighted by Crippen LogP contribution is 2.24. The average molecular weight is 271 g/mol. The van der Waals surface area contributed by atoms with Gasteiger partial charge in [-0.25, -0.2) is 0 Å². The van der Waals surface area contributed by atoms with Gasteiger partial charge >= 0.3 is 0 Å². The maximum atomic E-state index is 12.7. The fraction of sp³-hybridized carbons (Fsp3) is 0.333. The fourth-order valence-corrected chi connectivity index (χ4v) is 2.51. The highest BCUT2D eigenvalue weighted by Gasteiger charge is 2.21. The van der Waals surface area contributed by atoms with Gasteiger partial charge in [0.1, 0.15) is 0 Å². The first-order chi connectivity index (χ1) is 9.66. The van der Waals surface area contributed by atoms with E-state index in [1.54, 1.807) is 6.07 Å². The molecule has 2 heterocycles. The Bertz CT molecular complexity index is 663. The van der Waals surface area contributed by atoms with Crippen molar-refractivity contribution in [3.8, 4) is 0 Å². The van der Waals surface area contributed by atoms with E-state index in [1.807, 2.05) is 30.0 Å². The molecule has 0 unspecified atom stereocenters. The summed E-state index contributed by atoms with van der Waals surface area (Å²) < 4.78 is 5.29. The molecule has 0 radical (unpaired) electrons. The topological polar surface area (TPSA) is 68.5 Å². The summed E-state index contributed by atoms with van der Waals surface area (Å²) in [5, 5.41) is 0.812. The molecular weight excluding hydrogens is 254 g/mol. The van der Waals surface area contributed by atoms with Crippen molar-refractivity contribution >= 4 is 22.5 Å². The molecule has 0 atom stereocenters. The van der Waals surface area contributed by atoms with E-state index in [4.69, 9.17) is 10.5 Å². The molecule has 3 rings (SSSR count). The number of amides is 1. The summed E-state index contributed by atoms with van der Waals surface area (Å²) >= 11 is 0. The van der Waals surface area contributed by atoms with E-state index in [-0.39, 0.29) is 5.91 Å². The minimum absolute atomic E-state index is 0.0226. The number of pyridine rings is 1. The van der Waals surface area contributed by atoms with Crippen molar-refractivity contribution in [2.75, 3.05) is 32.0 Å². The second-order valence-electron chi connectivity index (χ2n) is 4.96. The Morgan fingerprint density at radius 1 is 1.35 bits per heavy atom. The van der Waals surface area contributed by atoms with Gasteiger partial charge in [-0.3, -0.25) is 9.78 Å². The third kappa shape index (κ3) is 2.20. The van der Waals surface area contributed by atoms with E-state index in [9.17, 15) is 4.79 Å². The lowest BCUT2D eigenvalue weighted by Crippen LogP contribution is -2.40. The van der Waals surface area contributed by atoms with Gasteiger partial charge in [0.25, 0.3) is 5.91 Å². The van der Waals surface area contributed by atoms with Gasteiger partial charge in [0.15, 0.2) is 0 Å². The molecule has 2 N–H and O–H groups in total. The summed E-state index contributed by atoms with van der Waals surface area (Å²) in [6.07, 6.45) is 0. The zero-order valence-electron chi connectivity index (χ0n) is 11.4. The van der Waals surface area contributed by atoms with Crippen LogP contribution in [0.25, 0.3) is 10.9 Å². The number of ether oxygens (including phenoxy) is 1. The minimum atomic E-state index is 0.0226. The second kappa shape index (κ2) is 5.09. The summed E-state index contributed by atoms with van der Waals surface area (Å²) in [5.74, 6) is 0.0226. The Morgan fingerprint density at radius 2 is 2.10 bits per heavy atom. The van der Waals surface area contributed by atoms with Gasteiger partial charge in [-0.05, 0) is 19.1 Å². The van der Waals surface area contributed by atoms with Gasteiger partial charge in [0, 0.05) is 24.2 Å². The Hall–Kier alpha value is -2.14. The summed E-state index contributed by atoms with van der Waals surface area (Å²) in [4.78, 5) is 18.9. The first-order valence-corrected chi connectivity index (χ1v) is 6.69. The number of nitrogens with two attached hydrogens (primary N) is 1. The van der Waals surface area contributed by atoms with Crippen LogP contribution in [0.3, 0.4) is 0 Å². The van der Waals surface area contributed by atoms with Crippen LogP contribution < -0.4 is 5.73 Å². The summed E-state index contributed by atoms with van der Waals surface area (Å²) in [6.45, 7) is 4.32. The number of nitrogen functional groups attached to an aromatic ring is 1. The predicted octanol–water partition coefficient (Wildman–Crippen LogP) is 1.60. The van der Waals surface area contributed by atoms with Crippen molar-refractivity contribution in [1.29, 1.82) is 0 Å². The predicted molar refractivity (Wildman–Crippen MR) is 77.6 cm³/mol. The van der Waals surface area contributed by atoms with Crippen LogP contribution in [0, 0.1) is 6.92 Å². The second-order valence-corrected chi connectivity index (χ2v) is 4.96. The normalized spacial score (nSPS) is 15.6. The zero-order chi connectivity index (χ0) is 14.1. The lowest BCUT2D eigenvalue weighted by Gasteiger charge is -2.27. The standard InChI is InChI=1S/C15H17N3O2/c1-10-9-12(15(19)18-5-7-20-8-6-18)11-3-2-4-13(16)14(11)17-10/h2-4,9H,5-8,16H2,1H3. The van der Waals surface area contributed by atoms with Crippen LogP contribution in [-0.4, -0.2) is 42.1 Å². The summed E-state index contributed by atoms with van der Waals surface area (Å²) in [5.41, 5.74) is 8.73. The van der Waals surface area contributed by atoms with E-state index in [1.165, 1.54) is 0 Å². The van der Waals surface area contributed by atoms with E-state index in [0.29, 0.717) is 43.1 Å². The molecule has 0 bridgehead atoms. The van der Waals surface area contributed by atoms with Gasteiger partial charge in [0.2, 0.25) is 0 Å². The summed E-state index contributed by atoms with van der Waals surface area (Å²) in [7, 11) is 0. The van der Waals surface area contributed by atoms with Gasteiger partial charge < -0.3 is 15.4 Å². The van der Waals surface area contributed by atoms with E-state index in [2.05, 4.69) is 4.98 Å². The van der Waals surface area contributed by atoms with Crippen LogP contribution in [0.5, 0.6) is 0 Å². The van der Waals surface area contributed by atoms with Crippen LogP contribution in [-0.2, 0) is 4.74 Å². The Balaban J connectivity index is 2.10.